The number of carbonyl (C=O) groups excluding carboxylic acids is 1. The number of phenolic OH excluding ortho intramolecular Hbond substituents is 1. The normalized spacial score (nSPS) is 36.5. The maximum absolute atomic E-state index is 12.4. The predicted molar refractivity (Wildman–Crippen MR) is 87.3 cm³/mol. The fraction of sp³-hybridized carbons (Fsp3) is 0.632. The Morgan fingerprint density at radius 3 is 2.82 bits per heavy atom. The summed E-state index contributed by atoms with van der Waals surface area (Å²) >= 11 is 0. The van der Waals surface area contributed by atoms with Crippen molar-refractivity contribution in [1.29, 1.82) is 0 Å². The van der Waals surface area contributed by atoms with E-state index >= 15 is 0 Å². The molecule has 0 aromatic heterocycles. The molecule has 0 bridgehead atoms. The molecule has 3 nitrogen and oxygen atoms in total. The number of hydrogen-bond donors (Lipinski definition) is 2. The van der Waals surface area contributed by atoms with Gasteiger partial charge in [0.15, 0.2) is 0 Å². The van der Waals surface area contributed by atoms with Crippen LogP contribution in [0.3, 0.4) is 0 Å². The zero-order valence-electron chi connectivity index (χ0n) is 13.5. The van der Waals surface area contributed by atoms with Gasteiger partial charge in [-0.25, -0.2) is 0 Å². The van der Waals surface area contributed by atoms with Gasteiger partial charge in [-0.05, 0) is 67.1 Å². The maximum Gasteiger partial charge on any atom is 0.139 e. The molecular weight excluding hydrogens is 274 g/mol. The van der Waals surface area contributed by atoms with Gasteiger partial charge >= 0.3 is 0 Å². The van der Waals surface area contributed by atoms with Gasteiger partial charge in [0, 0.05) is 18.9 Å². The number of Topliss-reactive ketones (excluding diaryl/α,β-unsaturated/α-hetero) is 1. The Hall–Kier alpha value is -1.51. The number of carbonyl (C=O) groups is 1. The maximum atomic E-state index is 12.4. The Bertz CT molecular complexity index is 639. The minimum absolute atomic E-state index is 0.0541. The van der Waals surface area contributed by atoms with Gasteiger partial charge < -0.3 is 10.4 Å². The molecule has 1 aromatic carbocycles. The van der Waals surface area contributed by atoms with Crippen molar-refractivity contribution in [2.75, 3.05) is 12.4 Å². The van der Waals surface area contributed by atoms with Crippen molar-refractivity contribution in [3.05, 3.63) is 23.3 Å². The molecule has 0 radical (unpaired) electrons. The SMILES string of the molecule is CNc1c(O)ccc2c1CCC1C2CCC2(C)C(=O)CCC12. The first-order valence-electron chi connectivity index (χ1n) is 8.62. The summed E-state index contributed by atoms with van der Waals surface area (Å²) in [5.41, 5.74) is 3.57. The number of anilines is 1. The molecular formula is C19H25NO2. The minimum Gasteiger partial charge on any atom is -0.506 e. The summed E-state index contributed by atoms with van der Waals surface area (Å²) in [5, 5.41) is 13.3. The molecule has 0 spiro atoms. The van der Waals surface area contributed by atoms with Crippen LogP contribution in [0.2, 0.25) is 0 Å². The first kappa shape index (κ1) is 14.1. The lowest BCUT2D eigenvalue weighted by Gasteiger charge is -2.48. The first-order valence-corrected chi connectivity index (χ1v) is 8.62. The molecule has 3 aliphatic rings. The van der Waals surface area contributed by atoms with E-state index in [1.165, 1.54) is 11.1 Å². The van der Waals surface area contributed by atoms with E-state index in [1.807, 2.05) is 13.1 Å². The van der Waals surface area contributed by atoms with E-state index in [-0.39, 0.29) is 5.41 Å². The molecule has 3 heteroatoms. The summed E-state index contributed by atoms with van der Waals surface area (Å²) < 4.78 is 0. The Morgan fingerprint density at radius 1 is 1.23 bits per heavy atom. The van der Waals surface area contributed by atoms with Crippen LogP contribution in [0.4, 0.5) is 5.69 Å². The summed E-state index contributed by atoms with van der Waals surface area (Å²) in [6, 6.07) is 3.96. The minimum atomic E-state index is -0.0541. The standard InChI is InChI=1S/C19H25NO2/c1-19-10-9-12-11-5-7-16(21)18(20-2)14(11)4-3-13(12)15(19)6-8-17(19)22/h5,7,12-13,15,20-21H,3-4,6,8-10H2,1-2H3. The Kier molecular flexibility index (Phi) is 3.04. The van der Waals surface area contributed by atoms with Crippen LogP contribution in [0.1, 0.15) is 56.1 Å². The average molecular weight is 299 g/mol. The first-order chi connectivity index (χ1) is 10.6. The topological polar surface area (TPSA) is 49.3 Å². The van der Waals surface area contributed by atoms with Crippen LogP contribution < -0.4 is 5.32 Å². The van der Waals surface area contributed by atoms with Crippen LogP contribution >= 0.6 is 0 Å². The molecule has 118 valence electrons. The van der Waals surface area contributed by atoms with Crippen LogP contribution in [-0.2, 0) is 11.2 Å². The highest BCUT2D eigenvalue weighted by atomic mass is 16.3. The number of phenols is 1. The lowest BCUT2D eigenvalue weighted by atomic mass is 9.55. The molecule has 22 heavy (non-hydrogen) atoms. The summed E-state index contributed by atoms with van der Waals surface area (Å²) in [6.45, 7) is 2.22. The van der Waals surface area contributed by atoms with E-state index in [9.17, 15) is 9.90 Å². The molecule has 1 aromatic rings. The number of rotatable bonds is 1. The molecule has 2 fully saturated rings. The van der Waals surface area contributed by atoms with Crippen LogP contribution in [0.15, 0.2) is 12.1 Å². The average Bonchev–Trinajstić information content (AvgIpc) is 2.82. The second kappa shape index (κ2) is 4.74. The highest BCUT2D eigenvalue weighted by Crippen LogP contribution is 2.60. The highest BCUT2D eigenvalue weighted by molar-refractivity contribution is 5.87. The fourth-order valence-electron chi connectivity index (χ4n) is 5.71. The van der Waals surface area contributed by atoms with E-state index in [4.69, 9.17) is 0 Å². The lowest BCUT2D eigenvalue weighted by Crippen LogP contribution is -2.42. The third kappa shape index (κ3) is 1.71. The van der Waals surface area contributed by atoms with Gasteiger partial charge in [-0.1, -0.05) is 13.0 Å². The second-order valence-corrected chi connectivity index (χ2v) is 7.61. The van der Waals surface area contributed by atoms with Crippen LogP contribution in [-0.4, -0.2) is 17.9 Å². The summed E-state index contributed by atoms with van der Waals surface area (Å²) in [6.07, 6.45) is 6.19. The Labute approximate surface area is 132 Å². The van der Waals surface area contributed by atoms with Gasteiger partial charge in [-0.15, -0.1) is 0 Å². The second-order valence-electron chi connectivity index (χ2n) is 7.61. The summed E-state index contributed by atoms with van der Waals surface area (Å²) in [7, 11) is 1.88. The number of ketones is 1. The zero-order valence-corrected chi connectivity index (χ0v) is 13.5. The number of fused-ring (bicyclic) bond motifs is 5. The van der Waals surface area contributed by atoms with Gasteiger partial charge in [0.1, 0.15) is 11.5 Å². The zero-order chi connectivity index (χ0) is 15.5. The molecule has 2 saturated carbocycles. The van der Waals surface area contributed by atoms with E-state index in [0.717, 1.165) is 44.2 Å². The third-order valence-corrected chi connectivity index (χ3v) is 6.85. The predicted octanol–water partition coefficient (Wildman–Crippen LogP) is 3.86. The summed E-state index contributed by atoms with van der Waals surface area (Å²) in [4.78, 5) is 12.4. The fourth-order valence-corrected chi connectivity index (χ4v) is 5.71. The molecule has 0 aliphatic heterocycles. The van der Waals surface area contributed by atoms with Crippen LogP contribution in [0.25, 0.3) is 0 Å². The number of benzene rings is 1. The largest absolute Gasteiger partial charge is 0.506 e. The summed E-state index contributed by atoms with van der Waals surface area (Å²) in [5.74, 6) is 2.64. The van der Waals surface area contributed by atoms with Crippen molar-refractivity contribution in [1.82, 2.24) is 0 Å². The molecule has 0 heterocycles. The van der Waals surface area contributed by atoms with Crippen molar-refractivity contribution in [2.45, 2.75) is 51.4 Å². The molecule has 4 unspecified atom stereocenters. The van der Waals surface area contributed by atoms with Crippen molar-refractivity contribution < 1.29 is 9.90 Å². The van der Waals surface area contributed by atoms with E-state index in [1.54, 1.807) is 0 Å². The van der Waals surface area contributed by atoms with Gasteiger partial charge in [-0.3, -0.25) is 4.79 Å². The monoisotopic (exact) mass is 299 g/mol. The van der Waals surface area contributed by atoms with E-state index in [0.29, 0.717) is 29.3 Å². The smallest absolute Gasteiger partial charge is 0.139 e. The Balaban J connectivity index is 1.75. The quantitative estimate of drug-likeness (QED) is 0.774. The highest BCUT2D eigenvalue weighted by Gasteiger charge is 2.54. The van der Waals surface area contributed by atoms with E-state index in [2.05, 4.69) is 18.3 Å². The molecule has 0 amide bonds. The third-order valence-electron chi connectivity index (χ3n) is 6.85. The number of aromatic hydroxyl groups is 1. The van der Waals surface area contributed by atoms with Crippen molar-refractivity contribution in [3.8, 4) is 5.75 Å². The Morgan fingerprint density at radius 2 is 2.05 bits per heavy atom. The van der Waals surface area contributed by atoms with Crippen LogP contribution in [0, 0.1) is 17.3 Å². The van der Waals surface area contributed by atoms with Crippen molar-refractivity contribution in [2.24, 2.45) is 17.3 Å². The molecule has 3 aliphatic carbocycles. The number of hydrogen-bond acceptors (Lipinski definition) is 3. The van der Waals surface area contributed by atoms with Gasteiger partial charge in [-0.2, -0.15) is 0 Å². The molecule has 4 rings (SSSR count). The van der Waals surface area contributed by atoms with Gasteiger partial charge in [0.25, 0.3) is 0 Å². The van der Waals surface area contributed by atoms with Crippen LogP contribution in [0.5, 0.6) is 5.75 Å². The molecule has 2 N–H and O–H groups in total. The van der Waals surface area contributed by atoms with Crippen molar-refractivity contribution >= 4 is 11.5 Å². The van der Waals surface area contributed by atoms with E-state index < -0.39 is 0 Å². The lowest BCUT2D eigenvalue weighted by molar-refractivity contribution is -0.129. The molecule has 0 saturated heterocycles. The molecule has 4 atom stereocenters. The van der Waals surface area contributed by atoms with Crippen molar-refractivity contribution in [3.63, 3.8) is 0 Å². The van der Waals surface area contributed by atoms with Gasteiger partial charge in [0.05, 0.1) is 5.69 Å². The van der Waals surface area contributed by atoms with Gasteiger partial charge in [0.2, 0.25) is 0 Å². The number of nitrogens with one attached hydrogen (secondary N) is 1.